The Morgan fingerprint density at radius 1 is 1.26 bits per heavy atom. The normalized spacial score (nSPS) is 10.9. The maximum Gasteiger partial charge on any atom is 0.325 e. The molecule has 0 radical (unpaired) electrons. The number of carbonyl (C=O) groups is 1. The van der Waals surface area contributed by atoms with Crippen molar-refractivity contribution in [3.05, 3.63) is 65.0 Å². The van der Waals surface area contributed by atoms with Gasteiger partial charge in [0.25, 0.3) is 5.69 Å². The van der Waals surface area contributed by atoms with Gasteiger partial charge in [0.2, 0.25) is 0 Å². The first kappa shape index (κ1) is 20.4. The number of ether oxygens (including phenoxy) is 2. The number of hydrogen-bond acceptors (Lipinski definition) is 8. The topological polar surface area (TPSA) is 109 Å². The summed E-state index contributed by atoms with van der Waals surface area (Å²) >= 11 is 1.34. The van der Waals surface area contributed by atoms with Gasteiger partial charge in [-0.2, -0.15) is 0 Å². The third-order valence-corrected chi connectivity index (χ3v) is 5.39. The van der Waals surface area contributed by atoms with E-state index in [4.69, 9.17) is 9.47 Å². The number of non-ortho nitro benzene ring substituents is 1. The molecule has 1 aromatic carbocycles. The molecule has 158 valence electrons. The number of halogens is 1. The Morgan fingerprint density at radius 2 is 2.10 bits per heavy atom. The second kappa shape index (κ2) is 8.48. The number of imidazole rings is 1. The number of esters is 1. The van der Waals surface area contributed by atoms with Crippen molar-refractivity contribution < 1.29 is 23.6 Å². The minimum absolute atomic E-state index is 0.0533. The maximum atomic E-state index is 14.2. The molecule has 0 unspecified atom stereocenters. The van der Waals surface area contributed by atoms with Crippen molar-refractivity contribution in [2.45, 2.75) is 13.5 Å². The molecule has 0 aliphatic carbocycles. The number of hydrogen-bond donors (Lipinski definition) is 0. The van der Waals surface area contributed by atoms with Crippen LogP contribution in [0.4, 0.5) is 10.1 Å². The Labute approximate surface area is 178 Å². The summed E-state index contributed by atoms with van der Waals surface area (Å²) in [6.45, 7) is 2.10. The van der Waals surface area contributed by atoms with Gasteiger partial charge < -0.3 is 14.0 Å². The van der Waals surface area contributed by atoms with E-state index in [0.717, 1.165) is 10.9 Å². The zero-order valence-corrected chi connectivity index (χ0v) is 17.0. The molecule has 0 fully saturated rings. The molecule has 9 nitrogen and oxygen atoms in total. The number of nitro groups is 1. The quantitative estimate of drug-likeness (QED) is 0.234. The number of benzene rings is 1. The minimum Gasteiger partial charge on any atom is -0.465 e. The van der Waals surface area contributed by atoms with Crippen LogP contribution in [0, 0.1) is 15.9 Å². The molecular weight excluding hydrogens is 427 g/mol. The molecule has 3 heterocycles. The molecule has 0 aliphatic rings. The summed E-state index contributed by atoms with van der Waals surface area (Å²) in [5.74, 6) is -0.967. The second-order valence-electron chi connectivity index (χ2n) is 6.34. The van der Waals surface area contributed by atoms with Crippen LogP contribution in [-0.4, -0.2) is 32.0 Å². The summed E-state index contributed by atoms with van der Waals surface area (Å²) in [6, 6.07) is 6.60. The Morgan fingerprint density at radius 3 is 2.84 bits per heavy atom. The van der Waals surface area contributed by atoms with E-state index in [2.05, 4.69) is 9.97 Å². The molecule has 4 aromatic rings. The Balaban J connectivity index is 1.61. The van der Waals surface area contributed by atoms with Crippen molar-refractivity contribution in [3.8, 4) is 22.1 Å². The van der Waals surface area contributed by atoms with Crippen LogP contribution in [0.15, 0.2) is 49.1 Å². The van der Waals surface area contributed by atoms with E-state index in [-0.39, 0.29) is 24.0 Å². The van der Waals surface area contributed by atoms with Gasteiger partial charge in [0.15, 0.2) is 11.6 Å². The standard InChI is InChI=1S/C20H15FN4O5S/c1-2-29-19(26)10-24-9-15(23-11-24)18-8-14-20(31-18)17(5-6-22-14)30-16-4-3-12(25(27)28)7-13(16)21/h3-9,11H,2,10H2,1H3. The van der Waals surface area contributed by atoms with E-state index in [1.807, 2.05) is 6.07 Å². The van der Waals surface area contributed by atoms with Gasteiger partial charge in [0.1, 0.15) is 12.3 Å². The van der Waals surface area contributed by atoms with Gasteiger partial charge in [-0.15, -0.1) is 11.3 Å². The highest BCUT2D eigenvalue weighted by molar-refractivity contribution is 7.22. The van der Waals surface area contributed by atoms with Crippen LogP contribution in [0.2, 0.25) is 0 Å². The average molecular weight is 442 g/mol. The van der Waals surface area contributed by atoms with E-state index in [0.29, 0.717) is 28.3 Å². The van der Waals surface area contributed by atoms with Crippen molar-refractivity contribution in [2.24, 2.45) is 0 Å². The first-order valence-corrected chi connectivity index (χ1v) is 9.94. The summed E-state index contributed by atoms with van der Waals surface area (Å²) in [5, 5.41) is 10.8. The van der Waals surface area contributed by atoms with Crippen LogP contribution in [0.1, 0.15) is 6.92 Å². The Hall–Kier alpha value is -3.86. The number of thiophene rings is 1. The Kier molecular flexibility index (Phi) is 5.58. The van der Waals surface area contributed by atoms with E-state index < -0.39 is 10.7 Å². The number of nitro benzene ring substituents is 1. The van der Waals surface area contributed by atoms with Gasteiger partial charge in [-0.25, -0.2) is 9.37 Å². The van der Waals surface area contributed by atoms with Gasteiger partial charge >= 0.3 is 5.97 Å². The van der Waals surface area contributed by atoms with Gasteiger partial charge in [0.05, 0.1) is 44.7 Å². The highest BCUT2D eigenvalue weighted by Crippen LogP contribution is 2.39. The lowest BCUT2D eigenvalue weighted by molar-refractivity contribution is -0.385. The van der Waals surface area contributed by atoms with Crippen molar-refractivity contribution >= 4 is 33.2 Å². The van der Waals surface area contributed by atoms with Crippen LogP contribution in [0.5, 0.6) is 11.5 Å². The molecule has 0 saturated carbocycles. The smallest absolute Gasteiger partial charge is 0.325 e. The third-order valence-electron chi connectivity index (χ3n) is 4.22. The van der Waals surface area contributed by atoms with E-state index >= 15 is 0 Å². The molecule has 4 rings (SSSR count). The molecule has 31 heavy (non-hydrogen) atoms. The van der Waals surface area contributed by atoms with Crippen molar-refractivity contribution in [1.82, 2.24) is 14.5 Å². The van der Waals surface area contributed by atoms with Gasteiger partial charge in [-0.05, 0) is 19.1 Å². The van der Waals surface area contributed by atoms with Gasteiger partial charge in [-0.1, -0.05) is 0 Å². The van der Waals surface area contributed by atoms with Crippen LogP contribution in [0.25, 0.3) is 20.8 Å². The van der Waals surface area contributed by atoms with E-state index in [1.54, 1.807) is 23.8 Å². The zero-order chi connectivity index (χ0) is 22.0. The molecule has 0 bridgehead atoms. The molecule has 0 aliphatic heterocycles. The third kappa shape index (κ3) is 4.36. The molecule has 0 amide bonds. The van der Waals surface area contributed by atoms with Crippen LogP contribution < -0.4 is 4.74 Å². The first-order chi connectivity index (χ1) is 14.9. The molecule has 0 spiro atoms. The summed E-state index contributed by atoms with van der Waals surface area (Å²) in [4.78, 5) is 31.2. The highest BCUT2D eigenvalue weighted by atomic mass is 32.1. The SMILES string of the molecule is CCOC(=O)Cn1cnc(-c2cc3nccc(Oc4ccc([N+](=O)[O-])cc4F)c3s2)c1. The predicted molar refractivity (Wildman–Crippen MR) is 111 cm³/mol. The highest BCUT2D eigenvalue weighted by Gasteiger charge is 2.16. The largest absolute Gasteiger partial charge is 0.465 e. The molecule has 0 saturated heterocycles. The van der Waals surface area contributed by atoms with Crippen molar-refractivity contribution in [1.29, 1.82) is 0 Å². The fraction of sp³-hybridized carbons (Fsp3) is 0.150. The number of fused-ring (bicyclic) bond motifs is 1. The molecular formula is C20H15FN4O5S. The molecule has 3 aromatic heterocycles. The Bertz CT molecular complexity index is 1290. The summed E-state index contributed by atoms with van der Waals surface area (Å²) in [7, 11) is 0. The van der Waals surface area contributed by atoms with E-state index in [9.17, 15) is 19.3 Å². The maximum absolute atomic E-state index is 14.2. The lowest BCUT2D eigenvalue weighted by Crippen LogP contribution is -2.11. The van der Waals surface area contributed by atoms with Gasteiger partial charge in [0, 0.05) is 24.5 Å². The monoisotopic (exact) mass is 442 g/mol. The molecule has 0 N–H and O–H groups in total. The average Bonchev–Trinajstić information content (AvgIpc) is 3.36. The second-order valence-corrected chi connectivity index (χ2v) is 7.40. The lowest BCUT2D eigenvalue weighted by Gasteiger charge is -2.07. The number of carbonyl (C=O) groups excluding carboxylic acids is 1. The molecule has 11 heteroatoms. The van der Waals surface area contributed by atoms with Gasteiger partial charge in [-0.3, -0.25) is 19.9 Å². The summed E-state index contributed by atoms with van der Waals surface area (Å²) < 4.78 is 27.1. The van der Waals surface area contributed by atoms with Crippen LogP contribution in [0.3, 0.4) is 0 Å². The number of nitrogens with zero attached hydrogens (tertiary/aromatic N) is 4. The van der Waals surface area contributed by atoms with Crippen LogP contribution >= 0.6 is 11.3 Å². The minimum atomic E-state index is -0.839. The predicted octanol–water partition coefficient (Wildman–Crippen LogP) is 4.56. The number of aromatic nitrogens is 3. The lowest BCUT2D eigenvalue weighted by atomic mass is 10.3. The fourth-order valence-corrected chi connectivity index (χ4v) is 3.88. The fourth-order valence-electron chi connectivity index (χ4n) is 2.86. The number of rotatable bonds is 7. The first-order valence-electron chi connectivity index (χ1n) is 9.12. The molecule has 0 atom stereocenters. The van der Waals surface area contributed by atoms with Crippen molar-refractivity contribution in [2.75, 3.05) is 6.61 Å². The summed E-state index contributed by atoms with van der Waals surface area (Å²) in [5.41, 5.74) is 0.904. The number of pyridine rings is 1. The summed E-state index contributed by atoms with van der Waals surface area (Å²) in [6.07, 6.45) is 4.78. The van der Waals surface area contributed by atoms with E-state index in [1.165, 1.54) is 36.0 Å². The van der Waals surface area contributed by atoms with Crippen molar-refractivity contribution in [3.63, 3.8) is 0 Å². The zero-order valence-electron chi connectivity index (χ0n) is 16.1. The van der Waals surface area contributed by atoms with Crippen LogP contribution in [-0.2, 0) is 16.1 Å².